The largest absolute Gasteiger partial charge is 0.378 e. The maximum absolute atomic E-state index is 13.4. The predicted octanol–water partition coefficient (Wildman–Crippen LogP) is 7.53. The standard InChI is InChI=1S/C43H48N6O6S2/c1-47(2)26-21-35(31-56-37-10-5-4-6-11-37)45-40-18-17-38(29-41(40)49(51)52)57(53,54)46-42(50)33-13-15-36(16-14-33)48-27-22-43(55-3,23-28-48)30-34-9-7-8-12-39(34)32-19-24-44-25-20-32/h4-20,24-25,29,35,45H,21-23,26-28,30-31H2,1-3H3,(H,46,50)/t35-/m1/s1. The van der Waals surface area contributed by atoms with Gasteiger partial charge in [0, 0.05) is 73.0 Å². The fourth-order valence-corrected chi connectivity index (χ4v) is 9.01. The summed E-state index contributed by atoms with van der Waals surface area (Å²) >= 11 is 1.63. The smallest absolute Gasteiger partial charge is 0.293 e. The van der Waals surface area contributed by atoms with E-state index in [9.17, 15) is 23.3 Å². The van der Waals surface area contributed by atoms with Gasteiger partial charge in [-0.2, -0.15) is 0 Å². The van der Waals surface area contributed by atoms with Crippen molar-refractivity contribution < 1.29 is 22.9 Å². The van der Waals surface area contributed by atoms with Crippen LogP contribution < -0.4 is 14.9 Å². The van der Waals surface area contributed by atoms with Gasteiger partial charge in [-0.3, -0.25) is 19.9 Å². The van der Waals surface area contributed by atoms with Crippen molar-refractivity contribution in [1.29, 1.82) is 0 Å². The average molecular weight is 809 g/mol. The molecule has 0 radical (unpaired) electrons. The van der Waals surface area contributed by atoms with E-state index >= 15 is 0 Å². The number of pyridine rings is 1. The quantitative estimate of drug-likeness (QED) is 0.0546. The normalized spacial score (nSPS) is 14.6. The van der Waals surface area contributed by atoms with Gasteiger partial charge in [-0.25, -0.2) is 13.1 Å². The molecule has 1 aliphatic rings. The van der Waals surface area contributed by atoms with Crippen molar-refractivity contribution in [2.24, 2.45) is 0 Å². The Morgan fingerprint density at radius 3 is 2.32 bits per heavy atom. The van der Waals surface area contributed by atoms with Gasteiger partial charge in [-0.15, -0.1) is 11.8 Å². The summed E-state index contributed by atoms with van der Waals surface area (Å²) in [6, 6.07) is 32.5. The number of carbonyl (C=O) groups is 1. The number of anilines is 2. The number of nitro benzene ring substituents is 1. The van der Waals surface area contributed by atoms with E-state index in [1.807, 2.05) is 67.5 Å². The molecule has 0 spiro atoms. The minimum Gasteiger partial charge on any atom is -0.378 e. The van der Waals surface area contributed by atoms with Crippen LogP contribution in [0.5, 0.6) is 0 Å². The molecule has 1 aliphatic heterocycles. The fourth-order valence-electron chi connectivity index (χ4n) is 7.02. The number of hydrogen-bond donors (Lipinski definition) is 2. The molecule has 5 aromatic rings. The first-order valence-electron chi connectivity index (χ1n) is 18.8. The Labute approximate surface area is 338 Å². The van der Waals surface area contributed by atoms with Crippen molar-refractivity contribution >= 4 is 44.8 Å². The fraction of sp³-hybridized carbons (Fsp3) is 0.302. The van der Waals surface area contributed by atoms with E-state index in [0.29, 0.717) is 12.2 Å². The molecule has 1 fully saturated rings. The highest BCUT2D eigenvalue weighted by Crippen LogP contribution is 2.35. The topological polar surface area (TPSA) is 147 Å². The van der Waals surface area contributed by atoms with Gasteiger partial charge in [0.05, 0.1) is 15.4 Å². The third-order valence-electron chi connectivity index (χ3n) is 10.3. The number of carbonyl (C=O) groups excluding carboxylic acids is 1. The van der Waals surface area contributed by atoms with Crippen molar-refractivity contribution in [1.82, 2.24) is 14.6 Å². The van der Waals surface area contributed by atoms with E-state index in [-0.39, 0.29) is 27.8 Å². The first kappa shape index (κ1) is 41.4. The number of piperidine rings is 1. The number of hydrogen-bond acceptors (Lipinski definition) is 11. The number of thioether (sulfide) groups is 1. The minimum absolute atomic E-state index is 0.144. The van der Waals surface area contributed by atoms with Gasteiger partial charge < -0.3 is 19.9 Å². The molecule has 0 bridgehead atoms. The Morgan fingerprint density at radius 1 is 0.965 bits per heavy atom. The van der Waals surface area contributed by atoms with Crippen LogP contribution in [-0.2, 0) is 21.2 Å². The molecule has 298 valence electrons. The van der Waals surface area contributed by atoms with Crippen molar-refractivity contribution in [3.05, 3.63) is 143 Å². The Kier molecular flexibility index (Phi) is 13.6. The van der Waals surface area contributed by atoms with Crippen molar-refractivity contribution in [3.8, 4) is 11.1 Å². The maximum atomic E-state index is 13.4. The Hall–Kier alpha value is -5.28. The van der Waals surface area contributed by atoms with Gasteiger partial charge in [0.15, 0.2) is 0 Å². The molecule has 2 heterocycles. The highest BCUT2D eigenvalue weighted by molar-refractivity contribution is 7.99. The first-order valence-corrected chi connectivity index (χ1v) is 21.3. The lowest BCUT2D eigenvalue weighted by Crippen LogP contribution is -2.47. The van der Waals surface area contributed by atoms with E-state index in [2.05, 4.69) is 38.1 Å². The lowest BCUT2D eigenvalue weighted by atomic mass is 9.82. The van der Waals surface area contributed by atoms with Crippen LogP contribution in [0.2, 0.25) is 0 Å². The maximum Gasteiger partial charge on any atom is 0.293 e. The van der Waals surface area contributed by atoms with Crippen LogP contribution in [-0.4, -0.2) is 87.4 Å². The Balaban J connectivity index is 1.08. The van der Waals surface area contributed by atoms with E-state index < -0.39 is 26.5 Å². The summed E-state index contributed by atoms with van der Waals surface area (Å²) in [7, 11) is 1.25. The number of nitro groups is 1. The molecule has 14 heteroatoms. The summed E-state index contributed by atoms with van der Waals surface area (Å²) in [6.07, 6.45) is 6.64. The summed E-state index contributed by atoms with van der Waals surface area (Å²) in [5.74, 6) is -0.198. The number of nitrogens with zero attached hydrogens (tertiary/aromatic N) is 4. The average Bonchev–Trinajstić information content (AvgIpc) is 3.22. The number of rotatable bonds is 17. The third kappa shape index (κ3) is 10.8. The molecule has 2 N–H and O–H groups in total. The second-order valence-electron chi connectivity index (χ2n) is 14.4. The van der Waals surface area contributed by atoms with Crippen LogP contribution in [0.4, 0.5) is 17.1 Å². The van der Waals surface area contributed by atoms with Crippen molar-refractivity contribution in [2.45, 2.75) is 47.1 Å². The molecule has 1 atom stereocenters. The second kappa shape index (κ2) is 18.8. The van der Waals surface area contributed by atoms with Gasteiger partial charge in [0.1, 0.15) is 5.69 Å². The number of ether oxygens (including phenoxy) is 1. The molecule has 1 aromatic heterocycles. The molecular formula is C43H48N6O6S2. The monoisotopic (exact) mass is 808 g/mol. The molecule has 1 saturated heterocycles. The first-order chi connectivity index (χ1) is 27.4. The number of aromatic nitrogens is 1. The zero-order valence-corrected chi connectivity index (χ0v) is 34.0. The summed E-state index contributed by atoms with van der Waals surface area (Å²) in [5.41, 5.74) is 4.00. The molecule has 57 heavy (non-hydrogen) atoms. The molecule has 0 saturated carbocycles. The summed E-state index contributed by atoms with van der Waals surface area (Å²) in [6.45, 7) is 2.21. The SMILES string of the molecule is COC1(Cc2ccccc2-c2ccncc2)CCN(c2ccc(C(=O)NS(=O)(=O)c3ccc(N[C@H](CCN(C)C)CSc4ccccc4)c([N+](=O)[O-])c3)cc2)CC1. The number of amides is 1. The number of sulfonamides is 1. The predicted molar refractivity (Wildman–Crippen MR) is 227 cm³/mol. The van der Waals surface area contributed by atoms with Crippen molar-refractivity contribution in [2.75, 3.05) is 56.8 Å². The summed E-state index contributed by atoms with van der Waals surface area (Å²) in [4.78, 5) is 33.9. The zero-order valence-electron chi connectivity index (χ0n) is 32.3. The second-order valence-corrected chi connectivity index (χ2v) is 17.2. The zero-order chi connectivity index (χ0) is 40.4. The van der Waals surface area contributed by atoms with Crippen molar-refractivity contribution in [3.63, 3.8) is 0 Å². The number of benzene rings is 4. The number of methoxy groups -OCH3 is 1. The molecule has 12 nitrogen and oxygen atoms in total. The van der Waals surface area contributed by atoms with Crippen LogP contribution in [0, 0.1) is 10.1 Å². The van der Waals surface area contributed by atoms with Crippen LogP contribution in [0.1, 0.15) is 35.2 Å². The molecule has 1 amide bonds. The van der Waals surface area contributed by atoms with Gasteiger partial charge in [0.2, 0.25) is 0 Å². The molecule has 6 rings (SSSR count). The van der Waals surface area contributed by atoms with Crippen LogP contribution in [0.15, 0.2) is 131 Å². The molecular weight excluding hydrogens is 761 g/mol. The van der Waals surface area contributed by atoms with Gasteiger partial charge in [-0.1, -0.05) is 42.5 Å². The summed E-state index contributed by atoms with van der Waals surface area (Å²) in [5, 5.41) is 15.5. The van der Waals surface area contributed by atoms with E-state index in [1.165, 1.54) is 17.7 Å². The minimum atomic E-state index is -4.44. The van der Waals surface area contributed by atoms with Gasteiger partial charge >= 0.3 is 0 Å². The third-order valence-corrected chi connectivity index (χ3v) is 12.8. The highest BCUT2D eigenvalue weighted by Gasteiger charge is 2.35. The number of nitrogens with one attached hydrogen (secondary N) is 2. The molecule has 0 aliphatic carbocycles. The Morgan fingerprint density at radius 2 is 1.65 bits per heavy atom. The Bertz CT molecular complexity index is 2230. The van der Waals surface area contributed by atoms with Gasteiger partial charge in [-0.05, 0) is 117 Å². The highest BCUT2D eigenvalue weighted by atomic mass is 32.2. The van der Waals surface area contributed by atoms with E-state index in [1.54, 1.807) is 55.5 Å². The van der Waals surface area contributed by atoms with E-state index in [0.717, 1.165) is 66.7 Å². The molecule has 0 unspecified atom stereocenters. The summed E-state index contributed by atoms with van der Waals surface area (Å²) < 4.78 is 35.1. The van der Waals surface area contributed by atoms with E-state index in [4.69, 9.17) is 4.74 Å². The van der Waals surface area contributed by atoms with Gasteiger partial charge in [0.25, 0.3) is 21.6 Å². The van der Waals surface area contributed by atoms with Crippen LogP contribution in [0.3, 0.4) is 0 Å². The lowest BCUT2D eigenvalue weighted by molar-refractivity contribution is -0.384. The van der Waals surface area contributed by atoms with Crippen LogP contribution >= 0.6 is 11.8 Å². The van der Waals surface area contributed by atoms with Crippen LogP contribution in [0.25, 0.3) is 11.1 Å². The molecule has 4 aromatic carbocycles. The lowest BCUT2D eigenvalue weighted by Gasteiger charge is -2.42.